The zero-order valence-corrected chi connectivity index (χ0v) is 18.8. The van der Waals surface area contributed by atoms with Gasteiger partial charge in [-0.3, -0.25) is 9.52 Å². The van der Waals surface area contributed by atoms with Gasteiger partial charge >= 0.3 is 0 Å². The lowest BCUT2D eigenvalue weighted by atomic mass is 10.1. The molecule has 0 bridgehead atoms. The van der Waals surface area contributed by atoms with Crippen molar-refractivity contribution >= 4 is 33.2 Å². The van der Waals surface area contributed by atoms with Crippen molar-refractivity contribution in [2.24, 2.45) is 0 Å². The average molecular weight is 459 g/mol. The monoisotopic (exact) mass is 458 g/mol. The van der Waals surface area contributed by atoms with E-state index < -0.39 is 10.0 Å². The smallest absolute Gasteiger partial charge is 0.261 e. The molecule has 31 heavy (non-hydrogen) atoms. The van der Waals surface area contributed by atoms with Crippen LogP contribution in [0.1, 0.15) is 21.5 Å². The summed E-state index contributed by atoms with van der Waals surface area (Å²) < 4.78 is 33.0. The molecule has 8 heteroatoms. The summed E-state index contributed by atoms with van der Waals surface area (Å²) in [5.41, 5.74) is 2.71. The zero-order chi connectivity index (χ0) is 22.4. The number of halogens is 1. The fraction of sp³-hybridized carbons (Fsp3) is 0.174. The maximum Gasteiger partial charge on any atom is 0.261 e. The molecule has 3 aromatic carbocycles. The van der Waals surface area contributed by atoms with E-state index in [0.717, 1.165) is 16.9 Å². The Morgan fingerprint density at radius 2 is 1.74 bits per heavy atom. The lowest BCUT2D eigenvalue weighted by Crippen LogP contribution is -2.28. The number of sulfonamides is 1. The van der Waals surface area contributed by atoms with E-state index in [1.807, 2.05) is 32.0 Å². The Morgan fingerprint density at radius 3 is 2.45 bits per heavy atom. The maximum absolute atomic E-state index is 12.4. The maximum atomic E-state index is 12.4. The third-order valence-corrected chi connectivity index (χ3v) is 6.43. The van der Waals surface area contributed by atoms with Gasteiger partial charge in [0.25, 0.3) is 15.9 Å². The molecule has 0 aliphatic rings. The number of ether oxygens (including phenoxy) is 1. The van der Waals surface area contributed by atoms with Crippen LogP contribution >= 0.6 is 11.6 Å². The van der Waals surface area contributed by atoms with E-state index in [1.54, 1.807) is 18.2 Å². The van der Waals surface area contributed by atoms with Crippen LogP contribution in [0.15, 0.2) is 71.6 Å². The Balaban J connectivity index is 1.58. The molecule has 0 radical (unpaired) electrons. The molecule has 0 fully saturated rings. The number of hydrogen-bond acceptors (Lipinski definition) is 4. The Morgan fingerprint density at radius 1 is 1.00 bits per heavy atom. The molecule has 0 saturated carbocycles. The number of anilines is 1. The largest absolute Gasteiger partial charge is 0.491 e. The molecule has 0 aliphatic heterocycles. The predicted molar refractivity (Wildman–Crippen MR) is 122 cm³/mol. The van der Waals surface area contributed by atoms with Gasteiger partial charge in [0.15, 0.2) is 0 Å². The highest BCUT2D eigenvalue weighted by molar-refractivity contribution is 7.92. The van der Waals surface area contributed by atoms with E-state index in [2.05, 4.69) is 10.0 Å². The summed E-state index contributed by atoms with van der Waals surface area (Å²) >= 11 is 6.22. The van der Waals surface area contributed by atoms with Crippen molar-refractivity contribution in [2.75, 3.05) is 17.9 Å². The number of nitrogens with one attached hydrogen (secondary N) is 2. The highest BCUT2D eigenvalue weighted by atomic mass is 35.5. The van der Waals surface area contributed by atoms with Crippen molar-refractivity contribution < 1.29 is 17.9 Å². The summed E-state index contributed by atoms with van der Waals surface area (Å²) in [4.78, 5) is 12.6. The summed E-state index contributed by atoms with van der Waals surface area (Å²) in [5, 5.41) is 2.89. The second kappa shape index (κ2) is 9.85. The van der Waals surface area contributed by atoms with E-state index in [9.17, 15) is 13.2 Å². The first-order valence-corrected chi connectivity index (χ1v) is 11.5. The van der Waals surface area contributed by atoms with Crippen molar-refractivity contribution in [3.63, 3.8) is 0 Å². The van der Waals surface area contributed by atoms with E-state index in [-0.39, 0.29) is 27.1 Å². The van der Waals surface area contributed by atoms with Crippen LogP contribution in [0.4, 0.5) is 5.69 Å². The van der Waals surface area contributed by atoms with Crippen LogP contribution in [-0.4, -0.2) is 27.5 Å². The summed E-state index contributed by atoms with van der Waals surface area (Å²) in [6.45, 7) is 4.60. The molecule has 162 valence electrons. The second-order valence-corrected chi connectivity index (χ2v) is 9.01. The van der Waals surface area contributed by atoms with Crippen LogP contribution in [0.5, 0.6) is 5.75 Å². The average Bonchev–Trinajstić information content (AvgIpc) is 2.74. The van der Waals surface area contributed by atoms with Gasteiger partial charge < -0.3 is 10.1 Å². The van der Waals surface area contributed by atoms with Gasteiger partial charge in [-0.25, -0.2) is 8.42 Å². The molecule has 6 nitrogen and oxygen atoms in total. The number of aryl methyl sites for hydroxylation is 1. The fourth-order valence-electron chi connectivity index (χ4n) is 2.88. The topological polar surface area (TPSA) is 84.5 Å². The Hall–Kier alpha value is -3.03. The van der Waals surface area contributed by atoms with Crippen molar-refractivity contribution in [1.82, 2.24) is 5.32 Å². The molecule has 0 aliphatic carbocycles. The Bertz CT molecular complexity index is 1180. The van der Waals surface area contributed by atoms with Crippen LogP contribution < -0.4 is 14.8 Å². The van der Waals surface area contributed by atoms with E-state index >= 15 is 0 Å². The summed E-state index contributed by atoms with van der Waals surface area (Å²) in [5.74, 6) is 0.411. The van der Waals surface area contributed by atoms with Crippen LogP contribution in [0.25, 0.3) is 0 Å². The minimum Gasteiger partial charge on any atom is -0.491 e. The van der Waals surface area contributed by atoms with Gasteiger partial charge in [-0.05, 0) is 61.4 Å². The number of benzene rings is 3. The molecule has 1 amide bonds. The van der Waals surface area contributed by atoms with Crippen LogP contribution in [0, 0.1) is 13.8 Å². The third kappa shape index (κ3) is 5.77. The molecule has 3 aromatic rings. The van der Waals surface area contributed by atoms with Crippen LogP contribution in [-0.2, 0) is 10.0 Å². The molecular weight excluding hydrogens is 436 g/mol. The van der Waals surface area contributed by atoms with Gasteiger partial charge in [-0.2, -0.15) is 0 Å². The fourth-order valence-corrected chi connectivity index (χ4v) is 4.21. The van der Waals surface area contributed by atoms with Crippen molar-refractivity contribution in [1.29, 1.82) is 0 Å². The molecule has 0 heterocycles. The Kier molecular flexibility index (Phi) is 7.20. The number of amides is 1. The first-order chi connectivity index (χ1) is 14.8. The molecule has 3 rings (SSSR count). The van der Waals surface area contributed by atoms with Gasteiger partial charge in [-0.15, -0.1) is 0 Å². The second-order valence-electron chi connectivity index (χ2n) is 6.92. The molecular formula is C23H23ClN2O4S. The molecule has 2 N–H and O–H groups in total. The van der Waals surface area contributed by atoms with Gasteiger partial charge in [-0.1, -0.05) is 41.9 Å². The minimum atomic E-state index is -3.74. The summed E-state index contributed by atoms with van der Waals surface area (Å²) in [7, 11) is -3.74. The summed E-state index contributed by atoms with van der Waals surface area (Å²) in [6, 6.07) is 18.2. The van der Waals surface area contributed by atoms with Gasteiger partial charge in [0.05, 0.1) is 27.7 Å². The van der Waals surface area contributed by atoms with Gasteiger partial charge in [0, 0.05) is 0 Å². The van der Waals surface area contributed by atoms with E-state index in [1.165, 1.54) is 30.3 Å². The first-order valence-electron chi connectivity index (χ1n) is 9.62. The summed E-state index contributed by atoms with van der Waals surface area (Å²) in [6.07, 6.45) is 0. The van der Waals surface area contributed by atoms with Crippen LogP contribution in [0.2, 0.25) is 5.02 Å². The molecule has 0 saturated heterocycles. The van der Waals surface area contributed by atoms with Gasteiger partial charge in [0.1, 0.15) is 12.4 Å². The molecule has 0 aromatic heterocycles. The predicted octanol–water partition coefficient (Wildman–Crippen LogP) is 4.57. The third-order valence-electron chi connectivity index (χ3n) is 4.72. The lowest BCUT2D eigenvalue weighted by Gasteiger charge is -2.12. The van der Waals surface area contributed by atoms with Crippen molar-refractivity contribution in [3.8, 4) is 5.75 Å². The highest BCUT2D eigenvalue weighted by Crippen LogP contribution is 2.23. The molecule has 0 unspecified atom stereocenters. The van der Waals surface area contributed by atoms with E-state index in [4.69, 9.17) is 16.3 Å². The van der Waals surface area contributed by atoms with Crippen LogP contribution in [0.3, 0.4) is 0 Å². The molecule has 0 spiro atoms. The van der Waals surface area contributed by atoms with Crippen molar-refractivity contribution in [2.45, 2.75) is 18.7 Å². The normalized spacial score (nSPS) is 11.1. The SMILES string of the molecule is Cc1cccc(OCCNC(=O)c2ccc(NS(=O)(=O)c3ccccc3)cc2Cl)c1C. The van der Waals surface area contributed by atoms with E-state index in [0.29, 0.717) is 13.2 Å². The minimum absolute atomic E-state index is 0.136. The number of carbonyl (C=O) groups is 1. The molecule has 0 atom stereocenters. The van der Waals surface area contributed by atoms with Gasteiger partial charge in [0.2, 0.25) is 0 Å². The van der Waals surface area contributed by atoms with Crippen molar-refractivity contribution in [3.05, 3.63) is 88.4 Å². The number of rotatable bonds is 8. The number of carbonyl (C=O) groups excluding carboxylic acids is 1. The lowest BCUT2D eigenvalue weighted by molar-refractivity contribution is 0.0947. The number of hydrogen-bond donors (Lipinski definition) is 2. The standard InChI is InChI=1S/C23H23ClN2O4S/c1-16-7-6-10-22(17(16)2)30-14-13-25-23(27)20-12-11-18(15-21(20)24)26-31(28,29)19-8-4-3-5-9-19/h3-12,15,26H,13-14H2,1-2H3,(H,25,27). The highest BCUT2D eigenvalue weighted by Gasteiger charge is 2.16. The zero-order valence-electron chi connectivity index (χ0n) is 17.2. The quantitative estimate of drug-likeness (QED) is 0.484. The Labute approximate surface area is 187 Å². The first kappa shape index (κ1) is 22.7.